The molecule has 1 unspecified atom stereocenters. The van der Waals surface area contributed by atoms with Crippen molar-refractivity contribution in [2.24, 2.45) is 0 Å². The lowest BCUT2D eigenvalue weighted by atomic mass is 10.1. The minimum absolute atomic E-state index is 0.252. The lowest BCUT2D eigenvalue weighted by Crippen LogP contribution is -2.29. The zero-order chi connectivity index (χ0) is 12.4. The summed E-state index contributed by atoms with van der Waals surface area (Å²) in [5, 5.41) is 3.41. The van der Waals surface area contributed by atoms with Gasteiger partial charge in [0.15, 0.2) is 0 Å². The number of hydrogen-bond acceptors (Lipinski definition) is 3. The molecule has 0 spiro atoms. The monoisotopic (exact) mass is 247 g/mol. The summed E-state index contributed by atoms with van der Waals surface area (Å²) < 4.78 is 22.6. The van der Waals surface area contributed by atoms with Crippen molar-refractivity contribution in [3.05, 3.63) is 12.7 Å². The van der Waals surface area contributed by atoms with E-state index in [0.29, 0.717) is 11.8 Å². The predicted octanol–water partition coefficient (Wildman–Crippen LogP) is 2.15. The molecule has 0 saturated heterocycles. The van der Waals surface area contributed by atoms with E-state index in [1.807, 2.05) is 6.08 Å². The van der Waals surface area contributed by atoms with Crippen LogP contribution in [-0.4, -0.2) is 32.5 Å². The average Bonchev–Trinajstić information content (AvgIpc) is 2.25. The van der Waals surface area contributed by atoms with Gasteiger partial charge in [0.25, 0.3) is 0 Å². The first-order valence-electron chi connectivity index (χ1n) is 6.10. The van der Waals surface area contributed by atoms with Crippen LogP contribution in [0.5, 0.6) is 0 Å². The molecule has 0 aliphatic heterocycles. The van der Waals surface area contributed by atoms with Gasteiger partial charge in [-0.2, -0.15) is 0 Å². The molecule has 0 radical (unpaired) electrons. The van der Waals surface area contributed by atoms with Gasteiger partial charge in [0, 0.05) is 11.8 Å². The van der Waals surface area contributed by atoms with Crippen molar-refractivity contribution in [3.63, 3.8) is 0 Å². The zero-order valence-electron chi connectivity index (χ0n) is 10.5. The molecule has 0 heterocycles. The van der Waals surface area contributed by atoms with Gasteiger partial charge in [0.1, 0.15) is 9.84 Å². The second kappa shape index (κ2) is 8.76. The highest BCUT2D eigenvalue weighted by atomic mass is 32.2. The Morgan fingerprint density at radius 1 is 1.38 bits per heavy atom. The van der Waals surface area contributed by atoms with Crippen molar-refractivity contribution in [3.8, 4) is 0 Å². The number of hydrogen-bond donors (Lipinski definition) is 1. The summed E-state index contributed by atoms with van der Waals surface area (Å²) in [5.74, 6) is 0.562. The average molecular weight is 247 g/mol. The molecule has 0 fully saturated rings. The highest BCUT2D eigenvalue weighted by molar-refractivity contribution is 7.91. The lowest BCUT2D eigenvalue weighted by molar-refractivity contribution is 0.478. The third-order valence-electron chi connectivity index (χ3n) is 2.58. The smallest absolute Gasteiger partial charge is 0.150 e. The molecule has 0 aromatic rings. The van der Waals surface area contributed by atoms with E-state index in [1.165, 1.54) is 0 Å². The number of nitrogens with one attached hydrogen (secondary N) is 1. The van der Waals surface area contributed by atoms with Crippen LogP contribution < -0.4 is 5.32 Å². The van der Waals surface area contributed by atoms with E-state index < -0.39 is 9.84 Å². The molecule has 1 atom stereocenters. The number of sulfone groups is 1. The molecular weight excluding hydrogens is 222 g/mol. The minimum atomic E-state index is -2.80. The van der Waals surface area contributed by atoms with Crippen LogP contribution in [0.2, 0.25) is 0 Å². The molecule has 16 heavy (non-hydrogen) atoms. The molecule has 3 nitrogen and oxygen atoms in total. The van der Waals surface area contributed by atoms with Crippen LogP contribution in [0.25, 0.3) is 0 Å². The molecule has 4 heteroatoms. The van der Waals surface area contributed by atoms with Gasteiger partial charge in [-0.25, -0.2) is 8.42 Å². The molecule has 0 aliphatic rings. The fraction of sp³-hybridized carbons (Fsp3) is 0.833. The summed E-state index contributed by atoms with van der Waals surface area (Å²) >= 11 is 0. The van der Waals surface area contributed by atoms with E-state index >= 15 is 0 Å². The Morgan fingerprint density at radius 3 is 2.56 bits per heavy atom. The van der Waals surface area contributed by atoms with Crippen molar-refractivity contribution in [2.45, 2.75) is 45.6 Å². The Hall–Kier alpha value is -0.350. The molecule has 1 N–H and O–H groups in total. The van der Waals surface area contributed by atoms with Crippen LogP contribution in [0, 0.1) is 0 Å². The standard InChI is InChI=1S/C12H25NO2S/c1-4-8-12(13-10-5-2)9-7-11-16(14,15)6-3/h4,12-13H,1,5-11H2,2-3H3. The van der Waals surface area contributed by atoms with E-state index in [1.54, 1.807) is 6.92 Å². The molecule has 96 valence electrons. The SMILES string of the molecule is C=CCC(CCCS(=O)(=O)CC)NCCC. The lowest BCUT2D eigenvalue weighted by Gasteiger charge is -2.16. The van der Waals surface area contributed by atoms with Crippen molar-refractivity contribution < 1.29 is 8.42 Å². The fourth-order valence-corrected chi connectivity index (χ4v) is 2.44. The Labute approximate surface area is 100 Å². The Bertz CT molecular complexity index is 273. The van der Waals surface area contributed by atoms with Crippen LogP contribution in [0.15, 0.2) is 12.7 Å². The molecule has 0 saturated carbocycles. The second-order valence-corrected chi connectivity index (χ2v) is 6.53. The Morgan fingerprint density at radius 2 is 2.06 bits per heavy atom. The molecule has 0 aliphatic carbocycles. The van der Waals surface area contributed by atoms with Gasteiger partial charge in [-0.05, 0) is 32.2 Å². The summed E-state index contributed by atoms with van der Waals surface area (Å²) in [5.41, 5.74) is 0. The van der Waals surface area contributed by atoms with Crippen molar-refractivity contribution in [1.29, 1.82) is 0 Å². The molecule has 0 rings (SSSR count). The van der Waals surface area contributed by atoms with Gasteiger partial charge < -0.3 is 5.32 Å². The fourth-order valence-electron chi connectivity index (χ4n) is 1.55. The van der Waals surface area contributed by atoms with Gasteiger partial charge in [-0.3, -0.25) is 0 Å². The highest BCUT2D eigenvalue weighted by Crippen LogP contribution is 2.05. The van der Waals surface area contributed by atoms with Crippen LogP contribution in [0.3, 0.4) is 0 Å². The normalized spacial score (nSPS) is 13.6. The number of rotatable bonds is 10. The summed E-state index contributed by atoms with van der Waals surface area (Å²) in [6.07, 6.45) is 5.55. The maximum Gasteiger partial charge on any atom is 0.150 e. The quantitative estimate of drug-likeness (QED) is 0.602. The largest absolute Gasteiger partial charge is 0.314 e. The summed E-state index contributed by atoms with van der Waals surface area (Å²) in [7, 11) is -2.80. The van der Waals surface area contributed by atoms with Crippen molar-refractivity contribution in [1.82, 2.24) is 5.32 Å². The Kier molecular flexibility index (Phi) is 8.57. The summed E-state index contributed by atoms with van der Waals surface area (Å²) in [6.45, 7) is 8.53. The Balaban J connectivity index is 3.87. The summed E-state index contributed by atoms with van der Waals surface area (Å²) in [4.78, 5) is 0. The van der Waals surface area contributed by atoms with Gasteiger partial charge in [-0.1, -0.05) is 19.9 Å². The molecule has 0 amide bonds. The summed E-state index contributed by atoms with van der Waals surface area (Å²) in [6, 6.07) is 0.379. The predicted molar refractivity (Wildman–Crippen MR) is 70.5 cm³/mol. The first-order valence-corrected chi connectivity index (χ1v) is 7.92. The third-order valence-corrected chi connectivity index (χ3v) is 4.37. The molecular formula is C12H25NO2S. The van der Waals surface area contributed by atoms with Crippen LogP contribution in [0.1, 0.15) is 39.5 Å². The van der Waals surface area contributed by atoms with Crippen molar-refractivity contribution >= 4 is 9.84 Å². The minimum Gasteiger partial charge on any atom is -0.314 e. The second-order valence-electron chi connectivity index (χ2n) is 4.05. The van der Waals surface area contributed by atoms with Gasteiger partial charge in [0.05, 0.1) is 5.75 Å². The van der Waals surface area contributed by atoms with Crippen LogP contribution in [0.4, 0.5) is 0 Å². The van der Waals surface area contributed by atoms with Crippen LogP contribution >= 0.6 is 0 Å². The van der Waals surface area contributed by atoms with E-state index in [2.05, 4.69) is 18.8 Å². The zero-order valence-corrected chi connectivity index (χ0v) is 11.4. The van der Waals surface area contributed by atoms with Crippen LogP contribution in [-0.2, 0) is 9.84 Å². The molecule has 0 aromatic heterocycles. The van der Waals surface area contributed by atoms with Gasteiger partial charge >= 0.3 is 0 Å². The van der Waals surface area contributed by atoms with Gasteiger partial charge in [-0.15, -0.1) is 6.58 Å². The first-order chi connectivity index (χ1) is 7.55. The third kappa shape index (κ3) is 7.88. The first kappa shape index (κ1) is 15.7. The molecule has 0 bridgehead atoms. The van der Waals surface area contributed by atoms with Gasteiger partial charge in [0.2, 0.25) is 0 Å². The molecule has 0 aromatic carbocycles. The van der Waals surface area contributed by atoms with E-state index in [-0.39, 0.29) is 5.75 Å². The maximum atomic E-state index is 11.3. The topological polar surface area (TPSA) is 46.2 Å². The van der Waals surface area contributed by atoms with E-state index in [0.717, 1.165) is 32.2 Å². The van der Waals surface area contributed by atoms with Crippen molar-refractivity contribution in [2.75, 3.05) is 18.1 Å². The highest BCUT2D eigenvalue weighted by Gasteiger charge is 2.10. The van der Waals surface area contributed by atoms with E-state index in [4.69, 9.17) is 0 Å². The maximum absolute atomic E-state index is 11.3. The van der Waals surface area contributed by atoms with E-state index in [9.17, 15) is 8.42 Å².